The van der Waals surface area contributed by atoms with Gasteiger partial charge in [0, 0.05) is 16.8 Å². The van der Waals surface area contributed by atoms with Crippen LogP contribution in [0.2, 0.25) is 0 Å². The molecule has 0 spiro atoms. The molecule has 1 aliphatic heterocycles. The van der Waals surface area contributed by atoms with Gasteiger partial charge in [-0.2, -0.15) is 0 Å². The van der Waals surface area contributed by atoms with Crippen LogP contribution in [0.5, 0.6) is 0 Å². The number of ether oxygens (including phenoxy) is 1. The summed E-state index contributed by atoms with van der Waals surface area (Å²) in [7, 11) is 0. The Balaban J connectivity index is 2.27. The van der Waals surface area contributed by atoms with Gasteiger partial charge in [0.05, 0.1) is 16.0 Å². The first kappa shape index (κ1) is 16.5. The van der Waals surface area contributed by atoms with Gasteiger partial charge in [0.2, 0.25) is 0 Å². The lowest BCUT2D eigenvalue weighted by Crippen LogP contribution is -2.34. The lowest BCUT2D eigenvalue weighted by Gasteiger charge is -2.29. The maximum atomic E-state index is 6.06. The van der Waals surface area contributed by atoms with E-state index in [1.165, 1.54) is 14.2 Å². The van der Waals surface area contributed by atoms with Crippen molar-refractivity contribution in [2.75, 3.05) is 6.54 Å². The molecule has 1 aromatic heterocycles. The number of nitrogens with one attached hydrogen (secondary N) is 1. The van der Waals surface area contributed by atoms with Crippen LogP contribution < -0.4 is 5.32 Å². The monoisotopic (exact) mass is 359 g/mol. The van der Waals surface area contributed by atoms with Crippen molar-refractivity contribution in [1.29, 1.82) is 0 Å². The molecule has 0 bridgehead atoms. The Hall–Kier alpha value is 0.1000. The van der Waals surface area contributed by atoms with E-state index in [1.807, 2.05) is 11.3 Å². The number of hydrogen-bond donors (Lipinski definition) is 1. The number of hydrogen-bond acceptors (Lipinski definition) is 3. The first-order chi connectivity index (χ1) is 9.45. The van der Waals surface area contributed by atoms with Crippen molar-refractivity contribution >= 4 is 27.3 Å². The predicted molar refractivity (Wildman–Crippen MR) is 90.5 cm³/mol. The molecule has 2 heterocycles. The van der Waals surface area contributed by atoms with E-state index in [9.17, 15) is 0 Å². The van der Waals surface area contributed by atoms with E-state index in [0.717, 1.165) is 13.0 Å². The SMILES string of the molecule is CCCNC(c1cc(C)c(Br)s1)C1C(C)OC(C)C1C. The van der Waals surface area contributed by atoms with Crippen LogP contribution in [-0.4, -0.2) is 18.8 Å². The van der Waals surface area contributed by atoms with Gasteiger partial charge in [-0.3, -0.25) is 0 Å². The Morgan fingerprint density at radius 2 is 2.05 bits per heavy atom. The zero-order chi connectivity index (χ0) is 14.9. The molecule has 1 N–H and O–H groups in total. The second kappa shape index (κ2) is 6.91. The van der Waals surface area contributed by atoms with Crippen molar-refractivity contribution in [3.63, 3.8) is 0 Å². The van der Waals surface area contributed by atoms with Gasteiger partial charge in [0.1, 0.15) is 0 Å². The lowest BCUT2D eigenvalue weighted by atomic mass is 9.82. The van der Waals surface area contributed by atoms with Crippen LogP contribution in [0, 0.1) is 18.8 Å². The number of thiophene rings is 1. The van der Waals surface area contributed by atoms with Crippen LogP contribution in [0.4, 0.5) is 0 Å². The fourth-order valence-electron chi connectivity index (χ4n) is 3.23. The molecule has 1 saturated heterocycles. The molecule has 0 saturated carbocycles. The summed E-state index contributed by atoms with van der Waals surface area (Å²) in [4.78, 5) is 1.43. The zero-order valence-corrected chi connectivity index (χ0v) is 15.5. The van der Waals surface area contributed by atoms with Crippen molar-refractivity contribution in [3.8, 4) is 0 Å². The average Bonchev–Trinajstić information content (AvgIpc) is 2.84. The third-order valence-electron chi connectivity index (χ3n) is 4.50. The third-order valence-corrected chi connectivity index (χ3v) is 6.72. The second-order valence-electron chi connectivity index (χ2n) is 6.02. The predicted octanol–water partition coefficient (Wildman–Crippen LogP) is 4.92. The van der Waals surface area contributed by atoms with Crippen LogP contribution in [0.3, 0.4) is 0 Å². The van der Waals surface area contributed by atoms with Crippen molar-refractivity contribution in [3.05, 3.63) is 20.3 Å². The van der Waals surface area contributed by atoms with Crippen LogP contribution in [0.1, 0.15) is 50.6 Å². The smallest absolute Gasteiger partial charge is 0.0731 e. The summed E-state index contributed by atoms with van der Waals surface area (Å²) in [6.45, 7) is 12.2. The third kappa shape index (κ3) is 3.29. The van der Waals surface area contributed by atoms with Gasteiger partial charge < -0.3 is 10.1 Å². The zero-order valence-electron chi connectivity index (χ0n) is 13.1. The molecule has 4 heteroatoms. The Labute approximate surface area is 135 Å². The van der Waals surface area contributed by atoms with E-state index in [1.54, 1.807) is 0 Å². The normalized spacial score (nSPS) is 31.7. The van der Waals surface area contributed by atoms with Crippen LogP contribution in [-0.2, 0) is 4.74 Å². The molecule has 2 nitrogen and oxygen atoms in total. The minimum Gasteiger partial charge on any atom is -0.375 e. The van der Waals surface area contributed by atoms with Gasteiger partial charge in [-0.1, -0.05) is 13.8 Å². The molecular weight excluding hydrogens is 334 g/mol. The summed E-state index contributed by atoms with van der Waals surface area (Å²) >= 11 is 5.53. The maximum Gasteiger partial charge on any atom is 0.0731 e. The Bertz CT molecular complexity index is 428. The molecule has 5 unspecified atom stereocenters. The highest BCUT2D eigenvalue weighted by Gasteiger charge is 2.42. The van der Waals surface area contributed by atoms with Crippen LogP contribution in [0.25, 0.3) is 0 Å². The molecule has 0 radical (unpaired) electrons. The molecule has 0 amide bonds. The van der Waals surface area contributed by atoms with E-state index in [2.05, 4.69) is 61.9 Å². The largest absolute Gasteiger partial charge is 0.375 e. The van der Waals surface area contributed by atoms with Gasteiger partial charge in [-0.15, -0.1) is 11.3 Å². The van der Waals surface area contributed by atoms with Crippen molar-refractivity contribution in [2.45, 2.75) is 59.3 Å². The Morgan fingerprint density at radius 3 is 2.50 bits per heavy atom. The molecule has 114 valence electrons. The molecule has 0 aliphatic carbocycles. The quantitative estimate of drug-likeness (QED) is 0.805. The summed E-state index contributed by atoms with van der Waals surface area (Å²) in [5, 5.41) is 3.76. The fourth-order valence-corrected chi connectivity index (χ4v) is 4.94. The first-order valence-corrected chi connectivity index (χ1v) is 9.21. The summed E-state index contributed by atoms with van der Waals surface area (Å²) < 4.78 is 7.31. The van der Waals surface area contributed by atoms with Crippen molar-refractivity contribution in [1.82, 2.24) is 5.32 Å². The van der Waals surface area contributed by atoms with Crippen LogP contribution in [0.15, 0.2) is 9.85 Å². The van der Waals surface area contributed by atoms with E-state index in [4.69, 9.17) is 4.74 Å². The standard InChI is InChI=1S/C16H26BrNOS/c1-6-7-18-15(13-8-9(2)16(17)20-13)14-10(3)11(4)19-12(14)5/h8,10-12,14-15,18H,6-7H2,1-5H3. The second-order valence-corrected chi connectivity index (χ2v) is 8.42. The van der Waals surface area contributed by atoms with Gasteiger partial charge in [0.15, 0.2) is 0 Å². The molecule has 1 fully saturated rings. The van der Waals surface area contributed by atoms with Crippen LogP contribution >= 0.6 is 27.3 Å². The topological polar surface area (TPSA) is 21.3 Å². The molecule has 1 aromatic rings. The summed E-state index contributed by atoms with van der Waals surface area (Å²) in [6.07, 6.45) is 1.83. The minimum absolute atomic E-state index is 0.315. The highest BCUT2D eigenvalue weighted by molar-refractivity contribution is 9.11. The number of halogens is 1. The maximum absolute atomic E-state index is 6.06. The Kier molecular flexibility index (Phi) is 5.69. The van der Waals surface area contributed by atoms with E-state index in [0.29, 0.717) is 30.1 Å². The lowest BCUT2D eigenvalue weighted by molar-refractivity contribution is 0.0476. The molecule has 20 heavy (non-hydrogen) atoms. The number of aryl methyl sites for hydroxylation is 1. The highest BCUT2D eigenvalue weighted by atomic mass is 79.9. The van der Waals surface area contributed by atoms with Gasteiger partial charge >= 0.3 is 0 Å². The van der Waals surface area contributed by atoms with E-state index < -0.39 is 0 Å². The molecular formula is C16H26BrNOS. The molecule has 2 rings (SSSR count). The van der Waals surface area contributed by atoms with E-state index in [-0.39, 0.29) is 0 Å². The summed E-state index contributed by atoms with van der Waals surface area (Å²) in [5.74, 6) is 1.13. The first-order valence-electron chi connectivity index (χ1n) is 7.60. The van der Waals surface area contributed by atoms with E-state index >= 15 is 0 Å². The van der Waals surface area contributed by atoms with Gasteiger partial charge in [-0.05, 0) is 67.2 Å². The van der Waals surface area contributed by atoms with Crippen molar-refractivity contribution in [2.24, 2.45) is 11.8 Å². The number of rotatable bonds is 5. The van der Waals surface area contributed by atoms with Gasteiger partial charge in [-0.25, -0.2) is 0 Å². The molecule has 5 atom stereocenters. The van der Waals surface area contributed by atoms with Gasteiger partial charge in [0.25, 0.3) is 0 Å². The Morgan fingerprint density at radius 1 is 1.35 bits per heavy atom. The molecule has 0 aromatic carbocycles. The molecule has 1 aliphatic rings. The average molecular weight is 360 g/mol. The minimum atomic E-state index is 0.315. The summed E-state index contributed by atoms with van der Waals surface area (Å²) in [5.41, 5.74) is 1.33. The fraction of sp³-hybridized carbons (Fsp3) is 0.750. The summed E-state index contributed by atoms with van der Waals surface area (Å²) in [6, 6.07) is 2.73. The highest BCUT2D eigenvalue weighted by Crippen LogP contribution is 2.43. The van der Waals surface area contributed by atoms with Crippen molar-refractivity contribution < 1.29 is 4.74 Å².